The molecule has 0 bridgehead atoms. The molecule has 0 aliphatic heterocycles. The molecule has 2 N–H and O–H groups in total. The Kier molecular flexibility index (Phi) is 6.90. The van der Waals surface area contributed by atoms with E-state index in [1.807, 2.05) is 20.8 Å². The second-order valence-corrected chi connectivity index (χ2v) is 8.34. The number of nitrogens with zero attached hydrogens (tertiary/aromatic N) is 1. The van der Waals surface area contributed by atoms with Crippen LogP contribution in [0.3, 0.4) is 0 Å². The fourth-order valence-electron chi connectivity index (χ4n) is 3.30. The molecule has 0 saturated heterocycles. The number of ether oxygens (including phenoxy) is 3. The summed E-state index contributed by atoms with van der Waals surface area (Å²) >= 11 is 0. The molecule has 0 aliphatic rings. The van der Waals surface area contributed by atoms with Crippen LogP contribution in [0.25, 0.3) is 22.6 Å². The number of carbonyl (C=O) groups is 1. The van der Waals surface area contributed by atoms with E-state index in [2.05, 4.69) is 4.98 Å². The van der Waals surface area contributed by atoms with Crippen molar-refractivity contribution in [1.29, 1.82) is 0 Å². The molecule has 0 spiro atoms. The van der Waals surface area contributed by atoms with Crippen molar-refractivity contribution in [2.45, 2.75) is 45.8 Å². The molecule has 7 nitrogen and oxygen atoms in total. The maximum Gasteiger partial charge on any atom is 0.407 e. The van der Waals surface area contributed by atoms with Crippen LogP contribution in [0.4, 0.5) is 13.6 Å². The van der Waals surface area contributed by atoms with Gasteiger partial charge in [0.1, 0.15) is 17.2 Å². The number of benzene rings is 2. The summed E-state index contributed by atoms with van der Waals surface area (Å²) < 4.78 is 48.2. The highest BCUT2D eigenvalue weighted by Gasteiger charge is 2.26. The first-order valence-electron chi connectivity index (χ1n) is 10.2. The van der Waals surface area contributed by atoms with Crippen molar-refractivity contribution in [2.24, 2.45) is 5.73 Å². The molecule has 1 amide bonds. The van der Waals surface area contributed by atoms with Crippen molar-refractivity contribution in [2.75, 3.05) is 7.11 Å². The van der Waals surface area contributed by atoms with Crippen LogP contribution in [0.5, 0.6) is 11.5 Å². The van der Waals surface area contributed by atoms with Crippen molar-refractivity contribution < 1.29 is 32.2 Å². The fraction of sp³-hybridized carbons (Fsp3) is 0.333. The third kappa shape index (κ3) is 5.60. The number of alkyl halides is 2. The molecular formula is C24H26F2N2O5. The smallest absolute Gasteiger partial charge is 0.407 e. The van der Waals surface area contributed by atoms with Gasteiger partial charge in [-0.05, 0) is 47.9 Å². The van der Waals surface area contributed by atoms with Crippen molar-refractivity contribution in [1.82, 2.24) is 4.98 Å². The number of carbonyl (C=O) groups excluding carboxylic acids is 1. The van der Waals surface area contributed by atoms with Gasteiger partial charge in [0.2, 0.25) is 6.29 Å². The second-order valence-electron chi connectivity index (χ2n) is 8.34. The Bertz CT molecular complexity index is 1120. The van der Waals surface area contributed by atoms with E-state index in [-0.39, 0.29) is 11.5 Å². The number of aromatic nitrogens is 1. The summed E-state index contributed by atoms with van der Waals surface area (Å²) in [6, 6.07) is 12.0. The van der Waals surface area contributed by atoms with E-state index in [9.17, 15) is 13.6 Å². The standard InChI is InChI=1S/C24H26F2N2O5/c1-13(32-23(27)29)31-18-11-8-15(12-17(18)24(2,3)4)20-19(28-22(33-20)21(25)26)14-6-9-16(30-5)10-7-14/h6-13,21H,1-5H3,(H2,27,29). The quantitative estimate of drug-likeness (QED) is 0.430. The number of amides is 1. The Hall–Kier alpha value is -3.62. The van der Waals surface area contributed by atoms with Crippen LogP contribution in [0.2, 0.25) is 0 Å². The summed E-state index contributed by atoms with van der Waals surface area (Å²) in [6.45, 7) is 7.44. The molecule has 3 rings (SSSR count). The number of rotatable bonds is 7. The fourth-order valence-corrected chi connectivity index (χ4v) is 3.30. The lowest BCUT2D eigenvalue weighted by atomic mass is 9.85. The lowest BCUT2D eigenvalue weighted by molar-refractivity contribution is -0.0150. The van der Waals surface area contributed by atoms with Crippen LogP contribution in [0, 0.1) is 0 Å². The normalized spacial score (nSPS) is 12.5. The monoisotopic (exact) mass is 460 g/mol. The molecule has 176 valence electrons. The van der Waals surface area contributed by atoms with E-state index >= 15 is 0 Å². The van der Waals surface area contributed by atoms with Crippen molar-refractivity contribution >= 4 is 6.09 Å². The van der Waals surface area contributed by atoms with Crippen LogP contribution < -0.4 is 15.2 Å². The van der Waals surface area contributed by atoms with Crippen molar-refractivity contribution in [3.05, 3.63) is 53.9 Å². The first kappa shape index (κ1) is 24.0. The van der Waals surface area contributed by atoms with Gasteiger partial charge in [0.15, 0.2) is 5.76 Å². The number of oxazole rings is 1. The largest absolute Gasteiger partial charge is 0.497 e. The highest BCUT2D eigenvalue weighted by Crippen LogP contribution is 2.40. The van der Waals surface area contributed by atoms with Crippen LogP contribution >= 0.6 is 0 Å². The highest BCUT2D eigenvalue weighted by molar-refractivity contribution is 5.78. The molecule has 9 heteroatoms. The van der Waals surface area contributed by atoms with Crippen molar-refractivity contribution in [3.8, 4) is 34.1 Å². The van der Waals surface area contributed by atoms with Crippen LogP contribution in [0.15, 0.2) is 46.9 Å². The topological polar surface area (TPSA) is 96.8 Å². The van der Waals surface area contributed by atoms with Crippen LogP contribution in [-0.4, -0.2) is 24.5 Å². The second kappa shape index (κ2) is 9.48. The molecule has 1 atom stereocenters. The van der Waals surface area contributed by atoms with Crippen LogP contribution in [0.1, 0.15) is 45.6 Å². The Labute approximate surface area is 190 Å². The minimum Gasteiger partial charge on any atom is -0.497 e. The highest BCUT2D eigenvalue weighted by atomic mass is 19.3. The van der Waals surface area contributed by atoms with Gasteiger partial charge < -0.3 is 24.4 Å². The molecule has 1 unspecified atom stereocenters. The number of nitrogens with two attached hydrogens (primary N) is 1. The summed E-state index contributed by atoms with van der Waals surface area (Å²) in [4.78, 5) is 15.1. The molecule has 0 radical (unpaired) electrons. The van der Waals surface area contributed by atoms with Gasteiger partial charge in [0.25, 0.3) is 5.89 Å². The summed E-state index contributed by atoms with van der Waals surface area (Å²) in [6.07, 6.45) is -4.74. The summed E-state index contributed by atoms with van der Waals surface area (Å²) in [5.74, 6) is 0.618. The number of halogens is 2. The minimum atomic E-state index is -2.87. The number of hydrogen-bond acceptors (Lipinski definition) is 6. The lowest BCUT2D eigenvalue weighted by Gasteiger charge is -2.25. The number of methoxy groups -OCH3 is 1. The average molecular weight is 460 g/mol. The molecule has 3 aromatic rings. The number of primary amides is 1. The molecule has 33 heavy (non-hydrogen) atoms. The predicted octanol–water partition coefficient (Wildman–Crippen LogP) is 6.07. The lowest BCUT2D eigenvalue weighted by Crippen LogP contribution is -2.26. The molecule has 0 fully saturated rings. The Morgan fingerprint density at radius 1 is 1.09 bits per heavy atom. The predicted molar refractivity (Wildman–Crippen MR) is 118 cm³/mol. The zero-order valence-corrected chi connectivity index (χ0v) is 19.0. The van der Waals surface area contributed by atoms with Gasteiger partial charge in [0.05, 0.1) is 7.11 Å². The van der Waals surface area contributed by atoms with Crippen LogP contribution in [-0.2, 0) is 10.2 Å². The third-order valence-corrected chi connectivity index (χ3v) is 4.82. The first-order chi connectivity index (χ1) is 15.5. The van der Waals surface area contributed by atoms with E-state index < -0.39 is 30.1 Å². The Balaban J connectivity index is 2.10. The van der Waals surface area contributed by atoms with E-state index in [1.165, 1.54) is 6.92 Å². The van der Waals surface area contributed by atoms with E-state index in [1.54, 1.807) is 49.6 Å². The van der Waals surface area contributed by atoms with E-state index in [4.69, 9.17) is 24.4 Å². The first-order valence-corrected chi connectivity index (χ1v) is 10.2. The summed E-state index contributed by atoms with van der Waals surface area (Å²) in [7, 11) is 1.54. The van der Waals surface area contributed by atoms with Gasteiger partial charge in [-0.3, -0.25) is 0 Å². The third-order valence-electron chi connectivity index (χ3n) is 4.82. The number of hydrogen-bond donors (Lipinski definition) is 1. The maximum atomic E-state index is 13.4. The van der Waals surface area contributed by atoms with Gasteiger partial charge in [0, 0.05) is 23.6 Å². The Morgan fingerprint density at radius 3 is 2.27 bits per heavy atom. The average Bonchev–Trinajstić information content (AvgIpc) is 3.18. The van der Waals surface area contributed by atoms with Gasteiger partial charge in [-0.2, -0.15) is 8.78 Å². The molecule has 0 saturated carbocycles. The van der Waals surface area contributed by atoms with Crippen molar-refractivity contribution in [3.63, 3.8) is 0 Å². The summed E-state index contributed by atoms with van der Waals surface area (Å²) in [5, 5.41) is 0. The molecule has 2 aromatic carbocycles. The molecule has 0 aliphatic carbocycles. The summed E-state index contributed by atoms with van der Waals surface area (Å²) in [5.41, 5.74) is 6.83. The molecule has 1 heterocycles. The van der Waals surface area contributed by atoms with Gasteiger partial charge in [-0.25, -0.2) is 9.78 Å². The maximum absolute atomic E-state index is 13.4. The zero-order chi connectivity index (χ0) is 24.3. The van der Waals surface area contributed by atoms with E-state index in [0.717, 1.165) is 5.56 Å². The minimum absolute atomic E-state index is 0.203. The zero-order valence-electron chi connectivity index (χ0n) is 19.0. The van der Waals surface area contributed by atoms with Gasteiger partial charge in [-0.1, -0.05) is 20.8 Å². The van der Waals surface area contributed by atoms with Gasteiger partial charge >= 0.3 is 12.5 Å². The Morgan fingerprint density at radius 2 is 1.73 bits per heavy atom. The molecule has 1 aromatic heterocycles. The molecular weight excluding hydrogens is 434 g/mol. The SMILES string of the molecule is COc1ccc(-c2nc(C(F)F)oc2-c2ccc(OC(C)OC(N)=O)c(C(C)(C)C)c2)cc1. The van der Waals surface area contributed by atoms with Gasteiger partial charge in [-0.15, -0.1) is 0 Å². The van der Waals surface area contributed by atoms with E-state index in [0.29, 0.717) is 22.6 Å².